The van der Waals surface area contributed by atoms with Crippen LogP contribution in [0.3, 0.4) is 0 Å². The number of benzene rings is 1. The van der Waals surface area contributed by atoms with E-state index in [1.807, 2.05) is 11.3 Å². The summed E-state index contributed by atoms with van der Waals surface area (Å²) < 4.78 is 1.14. The van der Waals surface area contributed by atoms with E-state index in [4.69, 9.17) is 4.98 Å². The number of likely N-dealkylation sites (N-methyl/N-ethyl adjacent to an activating group) is 1. The van der Waals surface area contributed by atoms with Crippen LogP contribution in [0.2, 0.25) is 0 Å². The van der Waals surface area contributed by atoms with E-state index in [-0.39, 0.29) is 0 Å². The smallest absolute Gasteiger partial charge is 0.125 e. The zero-order valence-corrected chi connectivity index (χ0v) is 13.2. The molecule has 2 bridgehead atoms. The lowest BCUT2D eigenvalue weighted by atomic mass is 10.1. The van der Waals surface area contributed by atoms with Gasteiger partial charge in [-0.05, 0) is 26.0 Å². The van der Waals surface area contributed by atoms with Crippen molar-refractivity contribution < 1.29 is 0 Å². The molecule has 0 aliphatic carbocycles. The molecular weight excluding hydrogens is 320 g/mol. The lowest BCUT2D eigenvalue weighted by Crippen LogP contribution is -2.33. The van der Waals surface area contributed by atoms with Gasteiger partial charge in [0, 0.05) is 33.4 Å². The van der Waals surface area contributed by atoms with Gasteiger partial charge in [-0.3, -0.25) is 4.90 Å². The summed E-state index contributed by atoms with van der Waals surface area (Å²) in [6.07, 6.45) is 3.75. The van der Waals surface area contributed by atoms with Gasteiger partial charge in [0.05, 0.1) is 5.69 Å². The second-order valence-corrected chi connectivity index (χ2v) is 7.31. The third-order valence-corrected chi connectivity index (χ3v) is 6.33. The molecule has 0 radical (unpaired) electrons. The molecule has 2 aromatic rings. The maximum absolute atomic E-state index is 4.92. The molecule has 1 saturated heterocycles. The average Bonchev–Trinajstić information content (AvgIpc) is 2.92. The highest BCUT2D eigenvalue weighted by Gasteiger charge is 2.39. The molecule has 19 heavy (non-hydrogen) atoms. The van der Waals surface area contributed by atoms with Crippen LogP contribution in [0.25, 0.3) is 10.6 Å². The minimum absolute atomic E-state index is 0.613. The Bertz CT molecular complexity index is 637. The van der Waals surface area contributed by atoms with Gasteiger partial charge in [-0.25, -0.2) is 4.98 Å². The fraction of sp³-hybridized carbons (Fsp3) is 0.400. The van der Waals surface area contributed by atoms with Crippen LogP contribution in [-0.2, 0) is 6.42 Å². The van der Waals surface area contributed by atoms with E-state index in [0.717, 1.165) is 10.9 Å². The summed E-state index contributed by atoms with van der Waals surface area (Å²) in [5, 5.41) is 1.17. The molecule has 1 fully saturated rings. The quantitative estimate of drug-likeness (QED) is 0.774. The Morgan fingerprint density at radius 1 is 1.32 bits per heavy atom. The molecule has 98 valence electrons. The van der Waals surface area contributed by atoms with Gasteiger partial charge >= 0.3 is 0 Å². The zero-order valence-electron chi connectivity index (χ0n) is 10.8. The minimum atomic E-state index is 0.613. The van der Waals surface area contributed by atoms with E-state index in [0.29, 0.717) is 12.1 Å². The first-order chi connectivity index (χ1) is 9.24. The first-order valence-electron chi connectivity index (χ1n) is 6.70. The van der Waals surface area contributed by atoms with Crippen LogP contribution >= 0.6 is 27.3 Å². The van der Waals surface area contributed by atoms with Crippen molar-refractivity contribution >= 4 is 27.3 Å². The predicted octanol–water partition coefficient (Wildman–Crippen LogP) is 4.26. The number of nitrogens with zero attached hydrogens (tertiary/aromatic N) is 2. The monoisotopic (exact) mass is 334 g/mol. The van der Waals surface area contributed by atoms with Crippen molar-refractivity contribution in [2.45, 2.75) is 31.3 Å². The third-order valence-electron chi connectivity index (χ3n) is 4.40. The standard InChI is InChI=1S/C15H15BrN2S/c1-18-9-6-7-13(18)14-12(8-9)17-15(19-14)10-4-2-3-5-11(10)16/h2-5,9,13H,6-8H2,1H3. The molecule has 2 aliphatic heterocycles. The van der Waals surface area contributed by atoms with Gasteiger partial charge in [0.2, 0.25) is 0 Å². The number of rotatable bonds is 1. The van der Waals surface area contributed by atoms with Crippen LogP contribution in [0.5, 0.6) is 0 Å². The van der Waals surface area contributed by atoms with E-state index in [9.17, 15) is 0 Å². The van der Waals surface area contributed by atoms with Crippen molar-refractivity contribution in [2.24, 2.45) is 0 Å². The second-order valence-electron chi connectivity index (χ2n) is 5.43. The molecule has 2 nitrogen and oxygen atoms in total. The first-order valence-corrected chi connectivity index (χ1v) is 8.31. The number of aromatic nitrogens is 1. The summed E-state index contributed by atoms with van der Waals surface area (Å²) in [4.78, 5) is 8.97. The molecule has 2 aliphatic rings. The summed E-state index contributed by atoms with van der Waals surface area (Å²) >= 11 is 5.52. The Labute approximate surface area is 125 Å². The largest absolute Gasteiger partial charge is 0.295 e. The van der Waals surface area contributed by atoms with Gasteiger partial charge in [0.1, 0.15) is 5.01 Å². The number of halogens is 1. The number of fused-ring (bicyclic) bond motifs is 4. The Balaban J connectivity index is 1.81. The Hall–Kier alpha value is -0.710. The molecular formula is C15H15BrN2S. The molecule has 4 heteroatoms. The van der Waals surface area contributed by atoms with Crippen molar-refractivity contribution in [3.05, 3.63) is 39.3 Å². The fourth-order valence-corrected chi connectivity index (χ4v) is 5.24. The molecule has 4 rings (SSSR count). The van der Waals surface area contributed by atoms with Gasteiger partial charge in [0.15, 0.2) is 0 Å². The van der Waals surface area contributed by atoms with Crippen molar-refractivity contribution in [3.8, 4) is 10.6 Å². The van der Waals surface area contributed by atoms with Crippen molar-refractivity contribution in [3.63, 3.8) is 0 Å². The average molecular weight is 335 g/mol. The Kier molecular flexibility index (Phi) is 2.79. The van der Waals surface area contributed by atoms with E-state index in [1.165, 1.54) is 34.0 Å². The number of thiazole rings is 1. The molecule has 0 spiro atoms. The maximum atomic E-state index is 4.92. The Morgan fingerprint density at radius 3 is 3.00 bits per heavy atom. The number of hydrogen-bond acceptors (Lipinski definition) is 3. The lowest BCUT2D eigenvalue weighted by molar-refractivity contribution is 0.226. The van der Waals surface area contributed by atoms with Crippen LogP contribution < -0.4 is 0 Å². The van der Waals surface area contributed by atoms with Gasteiger partial charge in [-0.1, -0.05) is 34.1 Å². The van der Waals surface area contributed by atoms with Crippen molar-refractivity contribution in [1.82, 2.24) is 9.88 Å². The summed E-state index contributed by atoms with van der Waals surface area (Å²) in [7, 11) is 2.27. The van der Waals surface area contributed by atoms with Gasteiger partial charge in [0.25, 0.3) is 0 Å². The lowest BCUT2D eigenvalue weighted by Gasteiger charge is -2.29. The molecule has 2 unspecified atom stereocenters. The van der Waals surface area contributed by atoms with Crippen LogP contribution in [0.1, 0.15) is 29.5 Å². The Morgan fingerprint density at radius 2 is 2.16 bits per heavy atom. The van der Waals surface area contributed by atoms with Gasteiger partial charge in [-0.2, -0.15) is 0 Å². The third kappa shape index (κ3) is 1.81. The molecule has 3 heterocycles. The van der Waals surface area contributed by atoms with E-state index in [2.05, 4.69) is 52.1 Å². The summed E-state index contributed by atoms with van der Waals surface area (Å²) in [6, 6.07) is 9.70. The summed E-state index contributed by atoms with van der Waals surface area (Å²) in [5.74, 6) is 0. The SMILES string of the molecule is CN1C2CCC1c1sc(-c3ccccc3Br)nc1C2. The fourth-order valence-electron chi connectivity index (χ4n) is 3.32. The molecule has 1 aromatic heterocycles. The van der Waals surface area contributed by atoms with Crippen molar-refractivity contribution in [2.75, 3.05) is 7.05 Å². The molecule has 2 atom stereocenters. The molecule has 0 saturated carbocycles. The predicted molar refractivity (Wildman–Crippen MR) is 82.5 cm³/mol. The van der Waals surface area contributed by atoms with Crippen LogP contribution in [0.15, 0.2) is 28.7 Å². The first kappa shape index (κ1) is 12.1. The molecule has 0 N–H and O–H groups in total. The van der Waals surface area contributed by atoms with Gasteiger partial charge in [-0.15, -0.1) is 11.3 Å². The van der Waals surface area contributed by atoms with Crippen molar-refractivity contribution in [1.29, 1.82) is 0 Å². The number of hydrogen-bond donors (Lipinski definition) is 0. The second kappa shape index (κ2) is 4.40. The van der Waals surface area contributed by atoms with E-state index >= 15 is 0 Å². The maximum Gasteiger partial charge on any atom is 0.125 e. The van der Waals surface area contributed by atoms with Gasteiger partial charge < -0.3 is 0 Å². The zero-order chi connectivity index (χ0) is 13.0. The summed E-state index contributed by atoms with van der Waals surface area (Å²) in [6.45, 7) is 0. The molecule has 0 amide bonds. The van der Waals surface area contributed by atoms with E-state index in [1.54, 1.807) is 0 Å². The summed E-state index contributed by atoms with van der Waals surface area (Å²) in [5.41, 5.74) is 2.57. The highest BCUT2D eigenvalue weighted by molar-refractivity contribution is 9.10. The topological polar surface area (TPSA) is 16.1 Å². The molecule has 1 aromatic carbocycles. The highest BCUT2D eigenvalue weighted by Crippen LogP contribution is 2.47. The minimum Gasteiger partial charge on any atom is -0.295 e. The highest BCUT2D eigenvalue weighted by atomic mass is 79.9. The van der Waals surface area contributed by atoms with Crippen LogP contribution in [0, 0.1) is 0 Å². The van der Waals surface area contributed by atoms with E-state index < -0.39 is 0 Å². The normalized spacial score (nSPS) is 25.6. The van der Waals surface area contributed by atoms with Crippen LogP contribution in [0.4, 0.5) is 0 Å². The van der Waals surface area contributed by atoms with Crippen LogP contribution in [-0.4, -0.2) is 23.0 Å².